The minimum atomic E-state index is -0.868. The number of methoxy groups -OCH3 is 1. The summed E-state index contributed by atoms with van der Waals surface area (Å²) in [6.45, 7) is 2.34. The van der Waals surface area contributed by atoms with E-state index in [0.717, 1.165) is 5.56 Å². The minimum Gasteiger partial charge on any atom is -0.383 e. The van der Waals surface area contributed by atoms with Gasteiger partial charge in [0, 0.05) is 13.2 Å². The van der Waals surface area contributed by atoms with Crippen LogP contribution in [0.15, 0.2) is 30.3 Å². The number of carbonyl (C=O) groups is 2. The van der Waals surface area contributed by atoms with Gasteiger partial charge < -0.3 is 10.5 Å². The van der Waals surface area contributed by atoms with Crippen LogP contribution >= 0.6 is 0 Å². The Bertz CT molecular complexity index is 422. The SMILES string of the molecule is COC[C@@H](C)N[C@H](C(=O)NC(N)=O)c1ccccc1. The number of nitrogens with two attached hydrogens (primary N) is 1. The Hall–Kier alpha value is -1.92. The number of amides is 3. The van der Waals surface area contributed by atoms with Gasteiger partial charge in [-0.25, -0.2) is 4.79 Å². The highest BCUT2D eigenvalue weighted by atomic mass is 16.5. The highest BCUT2D eigenvalue weighted by Crippen LogP contribution is 2.13. The van der Waals surface area contributed by atoms with Crippen LogP contribution in [-0.2, 0) is 9.53 Å². The molecule has 6 nitrogen and oxygen atoms in total. The molecule has 0 saturated heterocycles. The zero-order valence-corrected chi connectivity index (χ0v) is 11.1. The fourth-order valence-electron chi connectivity index (χ4n) is 1.75. The van der Waals surface area contributed by atoms with Crippen molar-refractivity contribution in [3.05, 3.63) is 35.9 Å². The predicted octanol–water partition coefficient (Wildman–Crippen LogP) is 0.547. The molecule has 104 valence electrons. The third-order valence-corrected chi connectivity index (χ3v) is 2.51. The zero-order valence-electron chi connectivity index (χ0n) is 11.1. The molecule has 6 heteroatoms. The second kappa shape index (κ2) is 7.50. The zero-order chi connectivity index (χ0) is 14.3. The van der Waals surface area contributed by atoms with Crippen molar-refractivity contribution in [1.82, 2.24) is 10.6 Å². The monoisotopic (exact) mass is 265 g/mol. The van der Waals surface area contributed by atoms with E-state index in [0.29, 0.717) is 6.61 Å². The largest absolute Gasteiger partial charge is 0.383 e. The van der Waals surface area contributed by atoms with Gasteiger partial charge in [-0.15, -0.1) is 0 Å². The molecule has 0 fully saturated rings. The minimum absolute atomic E-state index is 0.0474. The molecule has 19 heavy (non-hydrogen) atoms. The number of nitrogens with one attached hydrogen (secondary N) is 2. The maximum absolute atomic E-state index is 12.0. The van der Waals surface area contributed by atoms with E-state index in [4.69, 9.17) is 10.5 Å². The fraction of sp³-hybridized carbons (Fsp3) is 0.385. The molecular formula is C13H19N3O3. The molecule has 0 spiro atoms. The van der Waals surface area contributed by atoms with Gasteiger partial charge in [0.05, 0.1) is 6.61 Å². The number of benzene rings is 1. The summed E-state index contributed by atoms with van der Waals surface area (Å²) in [5.41, 5.74) is 5.73. The van der Waals surface area contributed by atoms with Crippen LogP contribution < -0.4 is 16.4 Å². The van der Waals surface area contributed by atoms with Crippen molar-refractivity contribution in [3.8, 4) is 0 Å². The topological polar surface area (TPSA) is 93.4 Å². The van der Waals surface area contributed by atoms with Crippen molar-refractivity contribution in [2.45, 2.75) is 19.0 Å². The Morgan fingerprint density at radius 2 is 1.95 bits per heavy atom. The van der Waals surface area contributed by atoms with Crippen molar-refractivity contribution >= 4 is 11.9 Å². The number of hydrogen-bond acceptors (Lipinski definition) is 4. The molecule has 0 saturated carbocycles. The summed E-state index contributed by atoms with van der Waals surface area (Å²) in [5, 5.41) is 5.18. The highest BCUT2D eigenvalue weighted by Gasteiger charge is 2.23. The van der Waals surface area contributed by atoms with E-state index in [1.165, 1.54) is 0 Å². The average Bonchev–Trinajstić information content (AvgIpc) is 2.36. The van der Waals surface area contributed by atoms with Gasteiger partial charge in [0.1, 0.15) is 6.04 Å². The highest BCUT2D eigenvalue weighted by molar-refractivity contribution is 5.96. The number of carbonyl (C=O) groups excluding carboxylic acids is 2. The molecular weight excluding hydrogens is 246 g/mol. The summed E-state index contributed by atoms with van der Waals surface area (Å²) in [6.07, 6.45) is 0. The summed E-state index contributed by atoms with van der Waals surface area (Å²) in [5.74, 6) is -0.485. The number of rotatable bonds is 6. The van der Waals surface area contributed by atoms with Gasteiger partial charge in [0.25, 0.3) is 0 Å². The normalized spacial score (nSPS) is 13.6. The second-order valence-corrected chi connectivity index (χ2v) is 4.22. The summed E-state index contributed by atoms with van der Waals surface area (Å²) in [4.78, 5) is 22.8. The molecule has 2 atom stereocenters. The van der Waals surface area contributed by atoms with E-state index in [9.17, 15) is 9.59 Å². The maximum Gasteiger partial charge on any atom is 0.318 e. The molecule has 1 aromatic carbocycles. The van der Waals surface area contributed by atoms with Crippen LogP contribution in [0.5, 0.6) is 0 Å². The first-order chi connectivity index (χ1) is 9.04. The first-order valence-corrected chi connectivity index (χ1v) is 5.94. The Morgan fingerprint density at radius 3 is 2.47 bits per heavy atom. The van der Waals surface area contributed by atoms with E-state index < -0.39 is 18.0 Å². The van der Waals surface area contributed by atoms with Crippen LogP contribution in [0.2, 0.25) is 0 Å². The van der Waals surface area contributed by atoms with Gasteiger partial charge >= 0.3 is 6.03 Å². The molecule has 0 bridgehead atoms. The molecule has 0 heterocycles. The predicted molar refractivity (Wildman–Crippen MR) is 71.4 cm³/mol. The average molecular weight is 265 g/mol. The van der Waals surface area contributed by atoms with E-state index in [1.807, 2.05) is 25.1 Å². The Morgan fingerprint density at radius 1 is 1.32 bits per heavy atom. The van der Waals surface area contributed by atoms with Crippen LogP contribution in [0.3, 0.4) is 0 Å². The van der Waals surface area contributed by atoms with Crippen LogP contribution in [-0.4, -0.2) is 31.7 Å². The van der Waals surface area contributed by atoms with Gasteiger partial charge in [-0.05, 0) is 12.5 Å². The van der Waals surface area contributed by atoms with Gasteiger partial charge in [0.15, 0.2) is 0 Å². The maximum atomic E-state index is 12.0. The summed E-state index contributed by atoms with van der Waals surface area (Å²) in [7, 11) is 1.58. The van der Waals surface area contributed by atoms with E-state index >= 15 is 0 Å². The lowest BCUT2D eigenvalue weighted by Crippen LogP contribution is -2.46. The van der Waals surface area contributed by atoms with E-state index in [-0.39, 0.29) is 6.04 Å². The lowest BCUT2D eigenvalue weighted by atomic mass is 10.1. The van der Waals surface area contributed by atoms with Crippen molar-refractivity contribution < 1.29 is 14.3 Å². The Labute approximate surface area is 112 Å². The molecule has 0 aliphatic heterocycles. The molecule has 0 radical (unpaired) electrons. The third-order valence-electron chi connectivity index (χ3n) is 2.51. The summed E-state index contributed by atoms with van der Waals surface area (Å²) < 4.78 is 5.02. The lowest BCUT2D eigenvalue weighted by molar-refractivity contribution is -0.122. The fourth-order valence-corrected chi connectivity index (χ4v) is 1.75. The number of urea groups is 1. The van der Waals surface area contributed by atoms with Crippen molar-refractivity contribution in [2.75, 3.05) is 13.7 Å². The van der Waals surface area contributed by atoms with Gasteiger partial charge in [-0.3, -0.25) is 15.4 Å². The third kappa shape index (κ3) is 5.07. The number of imide groups is 1. The molecule has 0 aliphatic rings. The quantitative estimate of drug-likeness (QED) is 0.700. The van der Waals surface area contributed by atoms with Crippen LogP contribution in [0.1, 0.15) is 18.5 Å². The molecule has 0 aromatic heterocycles. The first kappa shape index (κ1) is 15.1. The second-order valence-electron chi connectivity index (χ2n) is 4.22. The Balaban J connectivity index is 2.85. The molecule has 3 amide bonds. The molecule has 4 N–H and O–H groups in total. The van der Waals surface area contributed by atoms with Crippen molar-refractivity contribution in [2.24, 2.45) is 5.73 Å². The standard InChI is InChI=1S/C13H19N3O3/c1-9(8-19-2)15-11(12(17)16-13(14)18)10-6-4-3-5-7-10/h3-7,9,11,15H,8H2,1-2H3,(H3,14,16,17,18)/t9-,11+/m1/s1. The van der Waals surface area contributed by atoms with Crippen LogP contribution in [0.25, 0.3) is 0 Å². The lowest BCUT2D eigenvalue weighted by Gasteiger charge is -2.22. The van der Waals surface area contributed by atoms with Crippen LogP contribution in [0.4, 0.5) is 4.79 Å². The number of primary amides is 1. The molecule has 1 rings (SSSR count). The number of ether oxygens (including phenoxy) is 1. The molecule has 0 aliphatic carbocycles. The Kier molecular flexibility index (Phi) is 5.98. The van der Waals surface area contributed by atoms with Crippen LogP contribution in [0, 0.1) is 0 Å². The van der Waals surface area contributed by atoms with E-state index in [2.05, 4.69) is 10.6 Å². The van der Waals surface area contributed by atoms with Gasteiger partial charge in [0.2, 0.25) is 5.91 Å². The molecule has 1 aromatic rings. The smallest absolute Gasteiger partial charge is 0.318 e. The van der Waals surface area contributed by atoms with Gasteiger partial charge in [-0.1, -0.05) is 30.3 Å². The van der Waals surface area contributed by atoms with Crippen molar-refractivity contribution in [3.63, 3.8) is 0 Å². The number of hydrogen-bond donors (Lipinski definition) is 3. The van der Waals surface area contributed by atoms with Gasteiger partial charge in [-0.2, -0.15) is 0 Å². The van der Waals surface area contributed by atoms with E-state index in [1.54, 1.807) is 19.2 Å². The first-order valence-electron chi connectivity index (χ1n) is 5.94. The summed E-state index contributed by atoms with van der Waals surface area (Å²) >= 11 is 0. The molecule has 0 unspecified atom stereocenters. The summed E-state index contributed by atoms with van der Waals surface area (Å²) in [6, 6.07) is 7.53. The van der Waals surface area contributed by atoms with Crippen molar-refractivity contribution in [1.29, 1.82) is 0 Å².